The third-order valence-electron chi connectivity index (χ3n) is 5.03. The zero-order valence-electron chi connectivity index (χ0n) is 16.7. The average Bonchev–Trinajstić information content (AvgIpc) is 3.06. The van der Waals surface area contributed by atoms with Gasteiger partial charge in [-0.25, -0.2) is 19.3 Å². The largest absolute Gasteiger partial charge is 0.350 e. The Morgan fingerprint density at radius 3 is 2.76 bits per heavy atom. The third kappa shape index (κ3) is 4.19. The van der Waals surface area contributed by atoms with Crippen LogP contribution < -0.4 is 10.6 Å². The molecule has 0 bridgehead atoms. The van der Waals surface area contributed by atoms with Crippen LogP contribution in [0.5, 0.6) is 0 Å². The molecule has 1 fully saturated rings. The van der Waals surface area contributed by atoms with Crippen molar-refractivity contribution in [3.8, 4) is 22.6 Å². The van der Waals surface area contributed by atoms with Crippen molar-refractivity contribution in [1.29, 1.82) is 0 Å². The summed E-state index contributed by atoms with van der Waals surface area (Å²) in [6, 6.07) is 8.59. The van der Waals surface area contributed by atoms with Crippen molar-refractivity contribution in [2.45, 2.75) is 32.7 Å². The van der Waals surface area contributed by atoms with Crippen molar-refractivity contribution in [2.75, 3.05) is 18.4 Å². The van der Waals surface area contributed by atoms with Gasteiger partial charge in [0.15, 0.2) is 0 Å². The molecule has 1 aliphatic heterocycles. The predicted molar refractivity (Wildman–Crippen MR) is 114 cm³/mol. The Bertz CT molecular complexity index is 1000. The van der Waals surface area contributed by atoms with Crippen molar-refractivity contribution >= 4 is 12.1 Å². The zero-order valence-corrected chi connectivity index (χ0v) is 16.7. The Hall–Kier alpha value is -3.06. The molecule has 1 aliphatic rings. The van der Waals surface area contributed by atoms with Gasteiger partial charge >= 0.3 is 0 Å². The first-order valence-corrected chi connectivity index (χ1v) is 9.94. The molecule has 1 aromatic carbocycles. The maximum absolute atomic E-state index is 13.4. The predicted octanol–water partition coefficient (Wildman–Crippen LogP) is 4.11. The topological polar surface area (TPSA) is 67.7 Å². The Balaban J connectivity index is 1.77. The summed E-state index contributed by atoms with van der Waals surface area (Å²) in [5.41, 5.74) is 3.24. The molecule has 4 rings (SSSR count). The molecule has 6 nitrogen and oxygen atoms in total. The highest BCUT2D eigenvalue weighted by Crippen LogP contribution is 2.32. The number of anilines is 1. The second kappa shape index (κ2) is 8.53. The Morgan fingerprint density at radius 2 is 2.03 bits per heavy atom. The van der Waals surface area contributed by atoms with E-state index in [1.165, 1.54) is 12.1 Å². The van der Waals surface area contributed by atoms with Crippen LogP contribution in [0.3, 0.4) is 0 Å². The molecule has 7 heteroatoms. The molecule has 150 valence electrons. The van der Waals surface area contributed by atoms with E-state index in [2.05, 4.69) is 15.6 Å². The lowest BCUT2D eigenvalue weighted by Crippen LogP contribution is -2.38. The fraction of sp³-hybridized carbons (Fsp3) is 0.318. The van der Waals surface area contributed by atoms with Crippen LogP contribution in [0.25, 0.3) is 28.8 Å². The van der Waals surface area contributed by atoms with Gasteiger partial charge in [0.25, 0.3) is 0 Å². The standard InChI is InChI=1S/C22H25FN6/c1-3-13-29-15(2)26-20(16-6-8-17(23)9-7-16)21(29)19-10-12-25-22(28-19)27-18-5-4-11-24-14-18/h3,6-10,12-13,18,24H,4-5,11,14H2,1-2H3,(H,25,27,28)/b13-3-/t18-/m1/s1. The number of nitrogens with zero attached hydrogens (tertiary/aromatic N) is 4. The van der Waals surface area contributed by atoms with Crippen LogP contribution in [0.15, 0.2) is 42.6 Å². The summed E-state index contributed by atoms with van der Waals surface area (Å²) in [4.78, 5) is 13.9. The minimum absolute atomic E-state index is 0.269. The molecule has 2 aromatic heterocycles. The molecule has 1 atom stereocenters. The Morgan fingerprint density at radius 1 is 1.21 bits per heavy atom. The van der Waals surface area contributed by atoms with Gasteiger partial charge in [-0.1, -0.05) is 6.08 Å². The van der Waals surface area contributed by atoms with Gasteiger partial charge in [0.1, 0.15) is 11.6 Å². The molecule has 1 saturated heterocycles. The monoisotopic (exact) mass is 392 g/mol. The van der Waals surface area contributed by atoms with Crippen LogP contribution in [0.2, 0.25) is 0 Å². The maximum atomic E-state index is 13.4. The summed E-state index contributed by atoms with van der Waals surface area (Å²) in [5.74, 6) is 1.17. The number of rotatable bonds is 5. The number of aryl methyl sites for hydroxylation is 1. The fourth-order valence-electron chi connectivity index (χ4n) is 3.65. The van der Waals surface area contributed by atoms with Gasteiger partial charge in [-0.3, -0.25) is 0 Å². The molecule has 29 heavy (non-hydrogen) atoms. The first-order chi connectivity index (χ1) is 14.2. The van der Waals surface area contributed by atoms with Crippen molar-refractivity contribution in [3.05, 3.63) is 54.2 Å². The van der Waals surface area contributed by atoms with Crippen LogP contribution in [0, 0.1) is 12.7 Å². The molecule has 0 amide bonds. The van der Waals surface area contributed by atoms with E-state index >= 15 is 0 Å². The molecular weight excluding hydrogens is 367 g/mol. The number of aromatic nitrogens is 4. The van der Waals surface area contributed by atoms with Crippen molar-refractivity contribution in [3.63, 3.8) is 0 Å². The molecular formula is C22H25FN6. The first kappa shape index (κ1) is 19.3. The molecule has 0 spiro atoms. The summed E-state index contributed by atoms with van der Waals surface area (Å²) in [6.45, 7) is 5.88. The average molecular weight is 392 g/mol. The number of hydrogen-bond donors (Lipinski definition) is 2. The van der Waals surface area contributed by atoms with Crippen LogP contribution in [0.4, 0.5) is 10.3 Å². The molecule has 0 radical (unpaired) electrons. The third-order valence-corrected chi connectivity index (χ3v) is 5.03. The smallest absolute Gasteiger partial charge is 0.223 e. The minimum Gasteiger partial charge on any atom is -0.350 e. The van der Waals surface area contributed by atoms with Gasteiger partial charge in [-0.15, -0.1) is 0 Å². The lowest BCUT2D eigenvalue weighted by Gasteiger charge is -2.23. The van der Waals surface area contributed by atoms with Gasteiger partial charge in [-0.2, -0.15) is 0 Å². The summed E-state index contributed by atoms with van der Waals surface area (Å²) >= 11 is 0. The quantitative estimate of drug-likeness (QED) is 0.684. The first-order valence-electron chi connectivity index (χ1n) is 9.94. The summed E-state index contributed by atoms with van der Waals surface area (Å²) in [5, 5.41) is 6.83. The highest BCUT2D eigenvalue weighted by molar-refractivity contribution is 5.79. The van der Waals surface area contributed by atoms with Gasteiger partial charge in [0.05, 0.1) is 17.1 Å². The van der Waals surface area contributed by atoms with Gasteiger partial charge in [0, 0.05) is 30.5 Å². The second-order valence-electron chi connectivity index (χ2n) is 7.17. The minimum atomic E-state index is -0.269. The molecule has 0 aliphatic carbocycles. The lowest BCUT2D eigenvalue weighted by atomic mass is 10.1. The number of piperidine rings is 1. The second-order valence-corrected chi connectivity index (χ2v) is 7.17. The van der Waals surface area contributed by atoms with Gasteiger partial charge in [-0.05, 0) is 63.6 Å². The van der Waals surface area contributed by atoms with Crippen molar-refractivity contribution in [2.24, 2.45) is 0 Å². The van der Waals surface area contributed by atoms with Gasteiger partial charge < -0.3 is 15.2 Å². The summed E-state index contributed by atoms with van der Waals surface area (Å²) in [6.07, 6.45) is 7.92. The van der Waals surface area contributed by atoms with E-state index in [9.17, 15) is 4.39 Å². The van der Waals surface area contributed by atoms with E-state index in [4.69, 9.17) is 9.97 Å². The highest BCUT2D eigenvalue weighted by Gasteiger charge is 2.20. The number of nitrogens with one attached hydrogen (secondary N) is 2. The lowest BCUT2D eigenvalue weighted by molar-refractivity contribution is 0.478. The maximum Gasteiger partial charge on any atom is 0.223 e. The number of allylic oxidation sites excluding steroid dienone is 1. The van der Waals surface area contributed by atoms with E-state index in [1.807, 2.05) is 36.8 Å². The summed E-state index contributed by atoms with van der Waals surface area (Å²) < 4.78 is 15.4. The van der Waals surface area contributed by atoms with E-state index < -0.39 is 0 Å². The Kier molecular flexibility index (Phi) is 5.67. The normalized spacial score (nSPS) is 17.0. The highest BCUT2D eigenvalue weighted by atomic mass is 19.1. The summed E-state index contributed by atoms with van der Waals surface area (Å²) in [7, 11) is 0. The van der Waals surface area contributed by atoms with E-state index in [-0.39, 0.29) is 5.82 Å². The molecule has 0 saturated carbocycles. The molecule has 0 unspecified atom stereocenters. The van der Waals surface area contributed by atoms with E-state index in [1.54, 1.807) is 18.3 Å². The number of imidazole rings is 1. The fourth-order valence-corrected chi connectivity index (χ4v) is 3.65. The van der Waals surface area contributed by atoms with Crippen molar-refractivity contribution in [1.82, 2.24) is 24.8 Å². The molecule has 2 N–H and O–H groups in total. The van der Waals surface area contributed by atoms with Crippen LogP contribution >= 0.6 is 0 Å². The number of hydrogen-bond acceptors (Lipinski definition) is 5. The van der Waals surface area contributed by atoms with Crippen LogP contribution in [-0.4, -0.2) is 38.7 Å². The zero-order chi connectivity index (χ0) is 20.2. The SMILES string of the molecule is C/C=C\n1c(C)nc(-c2ccc(F)cc2)c1-c1ccnc(N[C@@H]2CCCNC2)n1. The Labute approximate surface area is 169 Å². The molecule has 3 aromatic rings. The molecule has 3 heterocycles. The van der Waals surface area contributed by atoms with E-state index in [0.717, 1.165) is 54.4 Å². The number of halogens is 1. The van der Waals surface area contributed by atoms with E-state index in [0.29, 0.717) is 12.0 Å². The van der Waals surface area contributed by atoms with Crippen LogP contribution in [0.1, 0.15) is 25.6 Å². The van der Waals surface area contributed by atoms with Crippen LogP contribution in [-0.2, 0) is 0 Å². The van der Waals surface area contributed by atoms with Crippen molar-refractivity contribution < 1.29 is 4.39 Å². The van der Waals surface area contributed by atoms with Gasteiger partial charge in [0.2, 0.25) is 5.95 Å². The number of benzene rings is 1.